The number of alkyl halides is 1. The molecule has 5 atom stereocenters. The highest BCUT2D eigenvalue weighted by atomic mass is 19.1. The minimum atomic E-state index is -0.538. The van der Waals surface area contributed by atoms with Crippen molar-refractivity contribution in [2.24, 2.45) is 29.4 Å². The summed E-state index contributed by atoms with van der Waals surface area (Å²) in [5.41, 5.74) is 5.48. The van der Waals surface area contributed by atoms with Gasteiger partial charge in [-0.3, -0.25) is 0 Å². The van der Waals surface area contributed by atoms with Crippen LogP contribution in [0.5, 0.6) is 0 Å². The van der Waals surface area contributed by atoms with Crippen molar-refractivity contribution in [3.8, 4) is 0 Å². The van der Waals surface area contributed by atoms with Gasteiger partial charge in [-0.25, -0.2) is 4.39 Å². The molecule has 2 nitrogen and oxygen atoms in total. The molecule has 0 spiro atoms. The lowest BCUT2D eigenvalue weighted by atomic mass is 9.64. The first-order valence-electron chi connectivity index (χ1n) is 8.25. The molecule has 0 saturated heterocycles. The minimum absolute atomic E-state index is 0.300. The molecule has 0 radical (unpaired) electrons. The van der Waals surface area contributed by atoms with E-state index >= 15 is 0 Å². The van der Waals surface area contributed by atoms with E-state index in [1.54, 1.807) is 0 Å². The van der Waals surface area contributed by atoms with E-state index in [9.17, 15) is 4.39 Å². The Morgan fingerprint density at radius 2 is 1.95 bits per heavy atom. The molecule has 112 valence electrons. The Kier molecular flexibility index (Phi) is 6.08. The van der Waals surface area contributed by atoms with Crippen LogP contribution in [0.1, 0.15) is 51.9 Å². The topological polar surface area (TPSA) is 38.0 Å². The van der Waals surface area contributed by atoms with Crippen LogP contribution >= 0.6 is 0 Å². The number of unbranched alkanes of at least 4 members (excludes halogenated alkanes) is 2. The predicted molar refractivity (Wildman–Crippen MR) is 78.8 cm³/mol. The zero-order valence-corrected chi connectivity index (χ0v) is 12.4. The number of rotatable bonds is 7. The fraction of sp³-hybridized carbons (Fsp3) is 1.00. The van der Waals surface area contributed by atoms with Crippen molar-refractivity contribution in [2.75, 3.05) is 19.6 Å². The first kappa shape index (κ1) is 15.2. The van der Waals surface area contributed by atoms with Crippen molar-refractivity contribution in [3.63, 3.8) is 0 Å². The third kappa shape index (κ3) is 4.42. The summed E-state index contributed by atoms with van der Waals surface area (Å²) in [6, 6.07) is 0. The van der Waals surface area contributed by atoms with Gasteiger partial charge in [0.2, 0.25) is 0 Å². The maximum absolute atomic E-state index is 14.1. The molecular weight excluding hydrogens is 239 g/mol. The van der Waals surface area contributed by atoms with E-state index in [-0.39, 0.29) is 0 Å². The molecular formula is C16H31FN2. The summed E-state index contributed by atoms with van der Waals surface area (Å²) in [7, 11) is 0. The summed E-state index contributed by atoms with van der Waals surface area (Å²) in [6.45, 7) is 5.10. The maximum atomic E-state index is 14.1. The van der Waals surface area contributed by atoms with Gasteiger partial charge in [0.05, 0.1) is 0 Å². The van der Waals surface area contributed by atoms with Crippen molar-refractivity contribution in [2.45, 2.75) is 58.0 Å². The van der Waals surface area contributed by atoms with Crippen molar-refractivity contribution in [1.82, 2.24) is 5.32 Å². The monoisotopic (exact) mass is 270 g/mol. The van der Waals surface area contributed by atoms with Crippen molar-refractivity contribution >= 4 is 0 Å². The molecule has 0 amide bonds. The average Bonchev–Trinajstić information content (AvgIpc) is 2.40. The average molecular weight is 270 g/mol. The molecule has 2 rings (SSSR count). The molecule has 0 heterocycles. The van der Waals surface area contributed by atoms with Gasteiger partial charge in [0, 0.05) is 0 Å². The predicted octanol–water partition coefficient (Wildman–Crippen LogP) is 3.12. The molecule has 0 aromatic heterocycles. The third-order valence-electron chi connectivity index (χ3n) is 5.13. The van der Waals surface area contributed by atoms with Crippen LogP contribution in [0, 0.1) is 23.7 Å². The summed E-state index contributed by atoms with van der Waals surface area (Å²) in [4.78, 5) is 0. The van der Waals surface area contributed by atoms with Crippen molar-refractivity contribution in [3.05, 3.63) is 0 Å². The van der Waals surface area contributed by atoms with Gasteiger partial charge in [-0.2, -0.15) is 0 Å². The highest BCUT2D eigenvalue weighted by Crippen LogP contribution is 2.45. The van der Waals surface area contributed by atoms with E-state index in [4.69, 9.17) is 5.73 Å². The summed E-state index contributed by atoms with van der Waals surface area (Å²) >= 11 is 0. The Balaban J connectivity index is 1.63. The van der Waals surface area contributed by atoms with Gasteiger partial charge >= 0.3 is 0 Å². The Bertz CT molecular complexity index is 257. The molecule has 0 aromatic carbocycles. The molecule has 3 N–H and O–H groups in total. The number of fused-ring (bicyclic) bond motifs is 2. The summed E-state index contributed by atoms with van der Waals surface area (Å²) in [6.07, 6.45) is 7.74. The van der Waals surface area contributed by atoms with E-state index in [0.717, 1.165) is 51.2 Å². The Hall–Kier alpha value is -0.150. The quantitative estimate of drug-likeness (QED) is 0.698. The number of halogens is 1. The Morgan fingerprint density at radius 3 is 2.74 bits per heavy atom. The normalized spacial score (nSPS) is 38.4. The van der Waals surface area contributed by atoms with E-state index in [0.29, 0.717) is 17.8 Å². The summed E-state index contributed by atoms with van der Waals surface area (Å²) in [5, 5.41) is 3.57. The van der Waals surface area contributed by atoms with Crippen molar-refractivity contribution < 1.29 is 4.39 Å². The van der Waals surface area contributed by atoms with Gasteiger partial charge in [0.25, 0.3) is 0 Å². The second-order valence-electron chi connectivity index (χ2n) is 6.91. The fourth-order valence-corrected chi connectivity index (χ4v) is 4.23. The van der Waals surface area contributed by atoms with Gasteiger partial charge in [-0.15, -0.1) is 0 Å². The minimum Gasteiger partial charge on any atom is -0.330 e. The lowest BCUT2D eigenvalue weighted by Gasteiger charge is -2.44. The number of nitrogens with one attached hydrogen (secondary N) is 1. The largest absolute Gasteiger partial charge is 0.330 e. The van der Waals surface area contributed by atoms with E-state index in [1.165, 1.54) is 19.3 Å². The standard InChI is InChI=1S/C16H31FN2/c1-12-7-13-8-14(10-15(9-13)16(12)17)11-19-6-4-2-3-5-18/h12-16,19H,2-11,18H2,1H3. The van der Waals surface area contributed by atoms with Gasteiger partial charge in [-0.1, -0.05) is 13.3 Å². The zero-order valence-electron chi connectivity index (χ0n) is 12.4. The molecule has 2 bridgehead atoms. The van der Waals surface area contributed by atoms with Crippen LogP contribution in [0.25, 0.3) is 0 Å². The summed E-state index contributed by atoms with van der Waals surface area (Å²) < 4.78 is 14.1. The van der Waals surface area contributed by atoms with Gasteiger partial charge in [-0.05, 0) is 81.8 Å². The maximum Gasteiger partial charge on any atom is 0.105 e. The van der Waals surface area contributed by atoms with Gasteiger partial charge in [0.1, 0.15) is 6.17 Å². The first-order valence-corrected chi connectivity index (χ1v) is 8.25. The Labute approximate surface area is 117 Å². The second-order valence-corrected chi connectivity index (χ2v) is 6.91. The van der Waals surface area contributed by atoms with E-state index in [1.807, 2.05) is 0 Å². The van der Waals surface area contributed by atoms with Crippen LogP contribution < -0.4 is 11.1 Å². The number of hydrogen-bond acceptors (Lipinski definition) is 2. The number of hydrogen-bond donors (Lipinski definition) is 2. The van der Waals surface area contributed by atoms with Crippen LogP contribution in [-0.4, -0.2) is 25.8 Å². The molecule has 2 fully saturated rings. The van der Waals surface area contributed by atoms with Crippen LogP contribution in [0.2, 0.25) is 0 Å². The Morgan fingerprint density at radius 1 is 1.11 bits per heavy atom. The second kappa shape index (κ2) is 7.58. The fourth-order valence-electron chi connectivity index (χ4n) is 4.23. The molecule has 2 aliphatic rings. The number of nitrogens with two attached hydrogens (primary N) is 1. The van der Waals surface area contributed by atoms with Crippen LogP contribution in [-0.2, 0) is 0 Å². The van der Waals surface area contributed by atoms with E-state index in [2.05, 4.69) is 12.2 Å². The van der Waals surface area contributed by atoms with Gasteiger partial charge < -0.3 is 11.1 Å². The van der Waals surface area contributed by atoms with Crippen molar-refractivity contribution in [1.29, 1.82) is 0 Å². The van der Waals surface area contributed by atoms with Crippen LogP contribution in [0.4, 0.5) is 4.39 Å². The molecule has 0 aliphatic heterocycles. The SMILES string of the molecule is CC1CC2CC(CNCCCCCN)CC(C2)C1F. The van der Waals surface area contributed by atoms with Crippen LogP contribution in [0.15, 0.2) is 0 Å². The highest BCUT2D eigenvalue weighted by molar-refractivity contribution is 4.91. The molecule has 3 heteroatoms. The lowest BCUT2D eigenvalue weighted by Crippen LogP contribution is -2.41. The van der Waals surface area contributed by atoms with Crippen LogP contribution in [0.3, 0.4) is 0 Å². The molecule has 19 heavy (non-hydrogen) atoms. The zero-order chi connectivity index (χ0) is 13.7. The molecule has 5 unspecified atom stereocenters. The molecule has 0 aromatic rings. The smallest absolute Gasteiger partial charge is 0.105 e. The third-order valence-corrected chi connectivity index (χ3v) is 5.13. The van der Waals surface area contributed by atoms with E-state index < -0.39 is 6.17 Å². The molecule has 2 saturated carbocycles. The highest BCUT2D eigenvalue weighted by Gasteiger charge is 2.40. The molecule has 2 aliphatic carbocycles. The lowest BCUT2D eigenvalue weighted by molar-refractivity contribution is 0.0178. The first-order chi connectivity index (χ1) is 9.20. The summed E-state index contributed by atoms with van der Waals surface area (Å²) in [5.74, 6) is 2.16. The van der Waals surface area contributed by atoms with Gasteiger partial charge in [0.15, 0.2) is 0 Å².